The Morgan fingerprint density at radius 2 is 1.72 bits per heavy atom. The van der Waals surface area contributed by atoms with Gasteiger partial charge in [0.15, 0.2) is 11.6 Å². The van der Waals surface area contributed by atoms with Crippen molar-refractivity contribution in [3.8, 4) is 0 Å². The molecule has 0 aliphatic heterocycles. The number of fused-ring (bicyclic) bond motifs is 1. The molecule has 0 radical (unpaired) electrons. The molecule has 0 atom stereocenters. The molecule has 0 bridgehead atoms. The van der Waals surface area contributed by atoms with Gasteiger partial charge in [0.05, 0.1) is 10.5 Å². The van der Waals surface area contributed by atoms with Crippen LogP contribution in [0.5, 0.6) is 0 Å². The summed E-state index contributed by atoms with van der Waals surface area (Å²) < 4.78 is 26.4. The zero-order valence-electron chi connectivity index (χ0n) is 9.72. The minimum Gasteiger partial charge on any atom is -0.252 e. The molecule has 1 aromatic heterocycles. The Morgan fingerprint density at radius 3 is 2.44 bits per heavy atom. The van der Waals surface area contributed by atoms with E-state index in [1.165, 1.54) is 12.8 Å². The molecule has 18 heavy (non-hydrogen) atoms. The van der Waals surface area contributed by atoms with Gasteiger partial charge in [0, 0.05) is 23.1 Å². The Morgan fingerprint density at radius 1 is 1.06 bits per heavy atom. The van der Waals surface area contributed by atoms with Gasteiger partial charge in [-0.3, -0.25) is 4.98 Å². The third-order valence-corrected chi connectivity index (χ3v) is 3.91. The summed E-state index contributed by atoms with van der Waals surface area (Å²) in [5, 5.41) is 0.915. The standard InChI is InChI=1S/C14H12ClF2N/c15-10-6-13(8-3-1-2-4-8)18-14-7-12(17)11(16)5-9(10)14/h5-8H,1-4H2. The Balaban J connectivity index is 2.16. The molecule has 0 N–H and O–H groups in total. The summed E-state index contributed by atoms with van der Waals surface area (Å²) in [6.07, 6.45) is 4.58. The summed E-state index contributed by atoms with van der Waals surface area (Å²) in [6.45, 7) is 0. The number of hydrogen-bond acceptors (Lipinski definition) is 1. The minimum atomic E-state index is -0.889. The van der Waals surface area contributed by atoms with E-state index in [1.807, 2.05) is 0 Å². The lowest BCUT2D eigenvalue weighted by Crippen LogP contribution is -1.98. The predicted molar refractivity (Wildman–Crippen MR) is 67.9 cm³/mol. The van der Waals surface area contributed by atoms with E-state index < -0.39 is 11.6 Å². The van der Waals surface area contributed by atoms with E-state index in [0.29, 0.717) is 21.8 Å². The highest BCUT2D eigenvalue weighted by atomic mass is 35.5. The van der Waals surface area contributed by atoms with Crippen LogP contribution in [0.25, 0.3) is 10.9 Å². The van der Waals surface area contributed by atoms with Gasteiger partial charge in [-0.05, 0) is 25.0 Å². The van der Waals surface area contributed by atoms with Crippen molar-refractivity contribution in [3.63, 3.8) is 0 Å². The van der Waals surface area contributed by atoms with Gasteiger partial charge in [-0.1, -0.05) is 24.4 Å². The molecule has 1 nitrogen and oxygen atoms in total. The van der Waals surface area contributed by atoms with Crippen molar-refractivity contribution >= 4 is 22.5 Å². The Kier molecular flexibility index (Phi) is 2.94. The van der Waals surface area contributed by atoms with E-state index in [9.17, 15) is 8.78 Å². The number of hydrogen-bond donors (Lipinski definition) is 0. The van der Waals surface area contributed by atoms with Crippen LogP contribution < -0.4 is 0 Å². The molecule has 1 saturated carbocycles. The third kappa shape index (κ3) is 1.97. The Labute approximate surface area is 109 Å². The molecule has 1 heterocycles. The van der Waals surface area contributed by atoms with Crippen molar-refractivity contribution in [1.29, 1.82) is 0 Å². The predicted octanol–water partition coefficient (Wildman–Crippen LogP) is 4.82. The summed E-state index contributed by atoms with van der Waals surface area (Å²) in [4.78, 5) is 4.43. The first-order valence-electron chi connectivity index (χ1n) is 6.10. The maximum atomic E-state index is 13.2. The van der Waals surface area contributed by atoms with Crippen LogP contribution in [0.15, 0.2) is 18.2 Å². The van der Waals surface area contributed by atoms with E-state index in [4.69, 9.17) is 11.6 Å². The van der Waals surface area contributed by atoms with Crippen LogP contribution in [0.4, 0.5) is 8.78 Å². The number of rotatable bonds is 1. The molecule has 0 spiro atoms. The number of aromatic nitrogens is 1. The molecule has 4 heteroatoms. The lowest BCUT2D eigenvalue weighted by molar-refractivity contribution is 0.510. The van der Waals surface area contributed by atoms with Crippen LogP contribution in [0.2, 0.25) is 5.02 Å². The monoisotopic (exact) mass is 267 g/mol. The van der Waals surface area contributed by atoms with Gasteiger partial charge in [-0.2, -0.15) is 0 Å². The van der Waals surface area contributed by atoms with E-state index >= 15 is 0 Å². The highest BCUT2D eigenvalue weighted by Crippen LogP contribution is 2.36. The molecular weight excluding hydrogens is 256 g/mol. The van der Waals surface area contributed by atoms with E-state index in [1.54, 1.807) is 6.07 Å². The third-order valence-electron chi connectivity index (χ3n) is 3.59. The van der Waals surface area contributed by atoms with Crippen LogP contribution >= 0.6 is 11.6 Å². The van der Waals surface area contributed by atoms with Crippen LogP contribution in [0.3, 0.4) is 0 Å². The average Bonchev–Trinajstić information content (AvgIpc) is 2.85. The van der Waals surface area contributed by atoms with Crippen LogP contribution in [0, 0.1) is 11.6 Å². The van der Waals surface area contributed by atoms with E-state index in [0.717, 1.165) is 30.7 Å². The lowest BCUT2D eigenvalue weighted by Gasteiger charge is -2.11. The van der Waals surface area contributed by atoms with Crippen molar-refractivity contribution < 1.29 is 8.78 Å². The quantitative estimate of drug-likeness (QED) is 0.721. The fraction of sp³-hybridized carbons (Fsp3) is 0.357. The lowest BCUT2D eigenvalue weighted by atomic mass is 10.0. The second kappa shape index (κ2) is 4.47. The van der Waals surface area contributed by atoms with Crippen LogP contribution in [0.1, 0.15) is 37.3 Å². The van der Waals surface area contributed by atoms with Gasteiger partial charge in [-0.15, -0.1) is 0 Å². The highest BCUT2D eigenvalue weighted by Gasteiger charge is 2.20. The highest BCUT2D eigenvalue weighted by molar-refractivity contribution is 6.35. The number of halogens is 3. The van der Waals surface area contributed by atoms with Crippen molar-refractivity contribution in [3.05, 3.63) is 40.6 Å². The molecule has 2 aromatic rings. The first kappa shape index (κ1) is 11.8. The number of nitrogens with zero attached hydrogens (tertiary/aromatic N) is 1. The van der Waals surface area contributed by atoms with Crippen LogP contribution in [-0.4, -0.2) is 4.98 Å². The zero-order valence-corrected chi connectivity index (χ0v) is 10.5. The minimum absolute atomic E-state index is 0.403. The molecule has 1 fully saturated rings. The van der Waals surface area contributed by atoms with Gasteiger partial charge in [0.1, 0.15) is 0 Å². The number of benzene rings is 1. The Hall–Kier alpha value is -1.22. The van der Waals surface area contributed by atoms with E-state index in [2.05, 4.69) is 4.98 Å². The first-order valence-corrected chi connectivity index (χ1v) is 6.48. The topological polar surface area (TPSA) is 12.9 Å². The summed E-state index contributed by atoms with van der Waals surface area (Å²) >= 11 is 6.14. The molecule has 94 valence electrons. The fourth-order valence-electron chi connectivity index (χ4n) is 2.63. The largest absolute Gasteiger partial charge is 0.252 e. The van der Waals surface area contributed by atoms with Gasteiger partial charge >= 0.3 is 0 Å². The summed E-state index contributed by atoms with van der Waals surface area (Å²) in [7, 11) is 0. The van der Waals surface area contributed by atoms with Gasteiger partial charge in [0.2, 0.25) is 0 Å². The number of pyridine rings is 1. The summed E-state index contributed by atoms with van der Waals surface area (Å²) in [5.74, 6) is -1.37. The maximum absolute atomic E-state index is 13.2. The molecule has 0 saturated heterocycles. The normalized spacial score (nSPS) is 16.6. The van der Waals surface area contributed by atoms with Crippen molar-refractivity contribution in [2.75, 3.05) is 0 Å². The summed E-state index contributed by atoms with van der Waals surface area (Å²) in [6, 6.07) is 4.02. The molecule has 3 rings (SSSR count). The molecule has 1 aromatic carbocycles. The van der Waals surface area contributed by atoms with E-state index in [-0.39, 0.29) is 0 Å². The maximum Gasteiger partial charge on any atom is 0.161 e. The molecule has 1 aliphatic carbocycles. The second-order valence-corrected chi connectivity index (χ2v) is 5.20. The Bertz CT molecular complexity index is 606. The average molecular weight is 268 g/mol. The summed E-state index contributed by atoms with van der Waals surface area (Å²) in [5.41, 5.74) is 1.33. The van der Waals surface area contributed by atoms with Gasteiger partial charge in [0.25, 0.3) is 0 Å². The van der Waals surface area contributed by atoms with Crippen molar-refractivity contribution in [2.24, 2.45) is 0 Å². The molecule has 0 unspecified atom stereocenters. The zero-order chi connectivity index (χ0) is 12.7. The first-order chi connectivity index (χ1) is 8.65. The van der Waals surface area contributed by atoms with Crippen molar-refractivity contribution in [2.45, 2.75) is 31.6 Å². The molecule has 0 amide bonds. The van der Waals surface area contributed by atoms with Crippen molar-refractivity contribution in [1.82, 2.24) is 4.98 Å². The molecular formula is C14H12ClF2N. The fourth-order valence-corrected chi connectivity index (χ4v) is 2.89. The van der Waals surface area contributed by atoms with Gasteiger partial charge in [-0.25, -0.2) is 8.78 Å². The molecule has 1 aliphatic rings. The second-order valence-electron chi connectivity index (χ2n) is 4.79. The smallest absolute Gasteiger partial charge is 0.161 e. The van der Waals surface area contributed by atoms with Crippen LogP contribution in [-0.2, 0) is 0 Å². The SMILES string of the molecule is Fc1cc2nc(C3CCCC3)cc(Cl)c2cc1F. The van der Waals surface area contributed by atoms with Gasteiger partial charge < -0.3 is 0 Å².